The van der Waals surface area contributed by atoms with Gasteiger partial charge in [-0.2, -0.15) is 0 Å². The lowest BCUT2D eigenvalue weighted by molar-refractivity contribution is 0.0443. The number of carboxylic acid groups (broad SMARTS) is 1. The molecule has 0 unspecified atom stereocenters. The molecule has 0 radical (unpaired) electrons. The molecule has 0 bridgehead atoms. The zero-order chi connectivity index (χ0) is 12.9. The van der Waals surface area contributed by atoms with Crippen molar-refractivity contribution in [3.63, 3.8) is 0 Å². The smallest absolute Gasteiger partial charge is 0.347 e. The van der Waals surface area contributed by atoms with Gasteiger partial charge in [-0.05, 0) is 37.5 Å². The first-order valence-corrected chi connectivity index (χ1v) is 4.99. The first kappa shape index (κ1) is 11.3. The number of benzene rings is 1. The van der Waals surface area contributed by atoms with E-state index in [4.69, 9.17) is 5.11 Å². The van der Waals surface area contributed by atoms with E-state index < -0.39 is 17.9 Å². The third kappa shape index (κ3) is 1.35. The molecule has 88 valence electrons. The van der Waals surface area contributed by atoms with Crippen molar-refractivity contribution in [2.45, 2.75) is 20.8 Å². The highest BCUT2D eigenvalue weighted by Gasteiger charge is 2.36. The molecule has 0 amide bonds. The first-order chi connectivity index (χ1) is 7.86. The molecule has 0 fully saturated rings. The Morgan fingerprint density at radius 2 is 1.41 bits per heavy atom. The zero-order valence-corrected chi connectivity index (χ0v) is 9.58. The molecule has 1 aliphatic heterocycles. The quantitative estimate of drug-likeness (QED) is 0.589. The molecule has 17 heavy (non-hydrogen) atoms. The van der Waals surface area contributed by atoms with Crippen LogP contribution in [0.25, 0.3) is 0 Å². The number of rotatable bonds is 1. The normalized spacial score (nSPS) is 13.6. The van der Waals surface area contributed by atoms with Gasteiger partial charge in [-0.25, -0.2) is 14.4 Å². The lowest BCUT2D eigenvalue weighted by Crippen LogP contribution is -2.11. The summed E-state index contributed by atoms with van der Waals surface area (Å²) in [6.45, 7) is 4.73. The standard InChI is InChI=1S/C12H10O5/c1-4-5(2)8-9(12(16)17-11(8)15)6(3)7(4)10(13)14/h1-3H3,(H,13,14). The molecule has 0 aromatic heterocycles. The van der Waals surface area contributed by atoms with E-state index in [9.17, 15) is 14.4 Å². The fraction of sp³-hybridized carbons (Fsp3) is 0.250. The Morgan fingerprint density at radius 1 is 0.941 bits per heavy atom. The monoisotopic (exact) mass is 234 g/mol. The van der Waals surface area contributed by atoms with Crippen molar-refractivity contribution in [1.29, 1.82) is 0 Å². The van der Waals surface area contributed by atoms with E-state index >= 15 is 0 Å². The predicted molar refractivity (Wildman–Crippen MR) is 57.4 cm³/mol. The number of aromatic carboxylic acids is 1. The Hall–Kier alpha value is -2.17. The van der Waals surface area contributed by atoms with Gasteiger partial charge in [0.25, 0.3) is 0 Å². The van der Waals surface area contributed by atoms with Crippen LogP contribution in [-0.2, 0) is 4.74 Å². The number of hydrogen-bond donors (Lipinski definition) is 1. The Bertz CT molecular complexity index is 583. The molecule has 0 saturated carbocycles. The van der Waals surface area contributed by atoms with E-state index in [0.717, 1.165) is 0 Å². The van der Waals surface area contributed by atoms with Crippen LogP contribution in [0.15, 0.2) is 0 Å². The van der Waals surface area contributed by atoms with E-state index in [2.05, 4.69) is 4.74 Å². The molecule has 5 nitrogen and oxygen atoms in total. The van der Waals surface area contributed by atoms with E-state index in [1.165, 1.54) is 6.92 Å². The van der Waals surface area contributed by atoms with Crippen molar-refractivity contribution in [2.24, 2.45) is 0 Å². The molecule has 0 saturated heterocycles. The molecule has 1 N–H and O–H groups in total. The van der Waals surface area contributed by atoms with Crippen LogP contribution in [0, 0.1) is 20.8 Å². The van der Waals surface area contributed by atoms with Crippen molar-refractivity contribution >= 4 is 17.9 Å². The summed E-state index contributed by atoms with van der Waals surface area (Å²) < 4.78 is 4.51. The molecule has 0 aliphatic carbocycles. The number of esters is 2. The summed E-state index contributed by atoms with van der Waals surface area (Å²) in [6.07, 6.45) is 0. The number of carboxylic acids is 1. The summed E-state index contributed by atoms with van der Waals surface area (Å²) in [4.78, 5) is 34.1. The first-order valence-electron chi connectivity index (χ1n) is 4.99. The van der Waals surface area contributed by atoms with E-state index in [1.807, 2.05) is 0 Å². The minimum atomic E-state index is -1.11. The molecule has 5 heteroatoms. The van der Waals surface area contributed by atoms with Crippen LogP contribution >= 0.6 is 0 Å². The largest absolute Gasteiger partial charge is 0.478 e. The van der Waals surface area contributed by atoms with Crippen LogP contribution in [0.3, 0.4) is 0 Å². The molecule has 1 aliphatic rings. The van der Waals surface area contributed by atoms with E-state index in [-0.39, 0.29) is 22.3 Å². The fourth-order valence-electron chi connectivity index (χ4n) is 2.17. The highest BCUT2D eigenvalue weighted by Crippen LogP contribution is 2.32. The van der Waals surface area contributed by atoms with Gasteiger partial charge in [-0.3, -0.25) is 0 Å². The number of carbonyl (C=O) groups is 3. The topological polar surface area (TPSA) is 80.7 Å². The van der Waals surface area contributed by atoms with E-state index in [1.54, 1.807) is 13.8 Å². The van der Waals surface area contributed by atoms with E-state index in [0.29, 0.717) is 11.1 Å². The average Bonchev–Trinajstić information content (AvgIpc) is 2.50. The third-order valence-electron chi connectivity index (χ3n) is 3.12. The second kappa shape index (κ2) is 3.41. The number of carbonyl (C=O) groups excluding carboxylic acids is 2. The van der Waals surface area contributed by atoms with Gasteiger partial charge in [-0.15, -0.1) is 0 Å². The number of fused-ring (bicyclic) bond motifs is 1. The summed E-state index contributed by atoms with van der Waals surface area (Å²) in [5.74, 6) is -2.59. The van der Waals surface area contributed by atoms with Gasteiger partial charge in [0.1, 0.15) is 0 Å². The molecular weight excluding hydrogens is 224 g/mol. The minimum Gasteiger partial charge on any atom is -0.478 e. The molecule has 0 spiro atoms. The molecule has 0 atom stereocenters. The Labute approximate surface area is 97.0 Å². The molecule has 1 heterocycles. The number of cyclic esters (lactones) is 2. The van der Waals surface area contributed by atoms with Crippen LogP contribution < -0.4 is 0 Å². The average molecular weight is 234 g/mol. The van der Waals surface area contributed by atoms with Crippen LogP contribution in [0.2, 0.25) is 0 Å². The van der Waals surface area contributed by atoms with Crippen molar-refractivity contribution in [1.82, 2.24) is 0 Å². The lowest BCUT2D eigenvalue weighted by atomic mass is 9.89. The van der Waals surface area contributed by atoms with Crippen molar-refractivity contribution in [2.75, 3.05) is 0 Å². The van der Waals surface area contributed by atoms with Crippen LogP contribution in [0.4, 0.5) is 0 Å². The SMILES string of the molecule is Cc1c(C)c2c(c(C)c1C(=O)O)C(=O)OC2=O. The Kier molecular flexibility index (Phi) is 2.27. The van der Waals surface area contributed by atoms with Gasteiger partial charge in [0, 0.05) is 0 Å². The summed E-state index contributed by atoms with van der Waals surface area (Å²) >= 11 is 0. The molecular formula is C12H10O5. The zero-order valence-electron chi connectivity index (χ0n) is 9.58. The van der Waals surface area contributed by atoms with Crippen molar-refractivity contribution in [3.8, 4) is 0 Å². The van der Waals surface area contributed by atoms with Gasteiger partial charge >= 0.3 is 17.9 Å². The van der Waals surface area contributed by atoms with Gasteiger partial charge < -0.3 is 9.84 Å². The second-order valence-electron chi connectivity index (χ2n) is 3.98. The maximum Gasteiger partial charge on any atom is 0.347 e. The van der Waals surface area contributed by atoms with Gasteiger partial charge in [0.15, 0.2) is 0 Å². The Morgan fingerprint density at radius 3 is 1.88 bits per heavy atom. The maximum atomic E-state index is 11.5. The second-order valence-corrected chi connectivity index (χ2v) is 3.98. The maximum absolute atomic E-state index is 11.5. The highest BCUT2D eigenvalue weighted by molar-refractivity contribution is 6.17. The van der Waals surface area contributed by atoms with Crippen LogP contribution in [0.5, 0.6) is 0 Å². The fourth-order valence-corrected chi connectivity index (χ4v) is 2.17. The Balaban J connectivity index is 2.94. The molecule has 2 rings (SSSR count). The predicted octanol–water partition coefficient (Wildman–Crippen LogP) is 1.62. The summed E-state index contributed by atoms with van der Waals surface area (Å²) in [5, 5.41) is 9.12. The van der Waals surface area contributed by atoms with Gasteiger partial charge in [-0.1, -0.05) is 0 Å². The highest BCUT2D eigenvalue weighted by atomic mass is 16.6. The summed E-state index contributed by atoms with van der Waals surface area (Å²) in [7, 11) is 0. The summed E-state index contributed by atoms with van der Waals surface area (Å²) in [6, 6.07) is 0. The van der Waals surface area contributed by atoms with Gasteiger partial charge in [0.2, 0.25) is 0 Å². The van der Waals surface area contributed by atoms with Gasteiger partial charge in [0.05, 0.1) is 16.7 Å². The number of hydrogen-bond acceptors (Lipinski definition) is 4. The number of ether oxygens (including phenoxy) is 1. The minimum absolute atomic E-state index is 0.0629. The molecule has 1 aromatic carbocycles. The molecule has 1 aromatic rings. The van der Waals surface area contributed by atoms with Crippen molar-refractivity contribution < 1.29 is 24.2 Å². The van der Waals surface area contributed by atoms with Crippen LogP contribution in [0.1, 0.15) is 47.8 Å². The lowest BCUT2D eigenvalue weighted by Gasteiger charge is -2.11. The van der Waals surface area contributed by atoms with Crippen molar-refractivity contribution in [3.05, 3.63) is 33.4 Å². The van der Waals surface area contributed by atoms with Crippen LogP contribution in [-0.4, -0.2) is 23.0 Å². The third-order valence-corrected chi connectivity index (χ3v) is 3.12. The summed E-state index contributed by atoms with van der Waals surface area (Å²) in [5.41, 5.74) is 1.59.